The number of hydrogen-bond donors (Lipinski definition) is 0. The lowest BCUT2D eigenvalue weighted by molar-refractivity contribution is 0.00930. The molecule has 0 saturated heterocycles. The molecule has 3 aliphatic rings. The van der Waals surface area contributed by atoms with E-state index in [9.17, 15) is 4.79 Å². The van der Waals surface area contributed by atoms with Crippen molar-refractivity contribution < 1.29 is 28.5 Å². The molecule has 146 valence electrons. The minimum atomic E-state index is -0.431. The third-order valence-corrected chi connectivity index (χ3v) is 5.76. The second kappa shape index (κ2) is 6.31. The largest absolute Gasteiger partial charge is 0.493 e. The van der Waals surface area contributed by atoms with Crippen LogP contribution in [0.3, 0.4) is 0 Å². The molecule has 7 nitrogen and oxygen atoms in total. The van der Waals surface area contributed by atoms with Crippen molar-refractivity contribution in [2.45, 2.75) is 18.6 Å². The molecule has 0 bridgehead atoms. The number of esters is 1. The zero-order valence-corrected chi connectivity index (χ0v) is 16.0. The molecule has 0 aromatic heterocycles. The lowest BCUT2D eigenvalue weighted by Crippen LogP contribution is -2.36. The van der Waals surface area contributed by atoms with Crippen LogP contribution in [0, 0.1) is 0 Å². The molecule has 0 fully saturated rings. The van der Waals surface area contributed by atoms with E-state index >= 15 is 0 Å². The van der Waals surface area contributed by atoms with Crippen LogP contribution in [-0.4, -0.2) is 45.5 Å². The SMILES string of the molecule is COc1cc2c(cc1OC)[C@@H]([C@@H]1OC(=O)c3cc4c(cc31)OCO4)N(C)CC2. The molecule has 0 unspecified atom stereocenters. The summed E-state index contributed by atoms with van der Waals surface area (Å²) in [5.41, 5.74) is 3.62. The maximum Gasteiger partial charge on any atom is 0.339 e. The van der Waals surface area contributed by atoms with Gasteiger partial charge in [0.2, 0.25) is 6.79 Å². The Morgan fingerprint density at radius 3 is 2.46 bits per heavy atom. The van der Waals surface area contributed by atoms with E-state index in [0.717, 1.165) is 24.1 Å². The summed E-state index contributed by atoms with van der Waals surface area (Å²) in [6.07, 6.45) is 0.455. The molecule has 0 amide bonds. The lowest BCUT2D eigenvalue weighted by Gasteiger charge is -2.38. The number of nitrogens with zero attached hydrogens (tertiary/aromatic N) is 1. The fourth-order valence-corrected chi connectivity index (χ4v) is 4.34. The van der Waals surface area contributed by atoms with Crippen LogP contribution < -0.4 is 18.9 Å². The second-order valence-electron chi connectivity index (χ2n) is 7.20. The average Bonchev–Trinajstić information content (AvgIpc) is 3.29. The molecule has 2 aromatic carbocycles. The molecule has 2 aromatic rings. The van der Waals surface area contributed by atoms with Crippen molar-refractivity contribution in [3.05, 3.63) is 46.5 Å². The Morgan fingerprint density at radius 1 is 1.00 bits per heavy atom. The number of carbonyl (C=O) groups is 1. The number of ether oxygens (including phenoxy) is 5. The zero-order valence-electron chi connectivity index (χ0n) is 16.0. The highest BCUT2D eigenvalue weighted by Gasteiger charge is 2.43. The van der Waals surface area contributed by atoms with Crippen LogP contribution in [0.15, 0.2) is 24.3 Å². The van der Waals surface area contributed by atoms with E-state index in [0.29, 0.717) is 28.6 Å². The van der Waals surface area contributed by atoms with Gasteiger partial charge in [-0.25, -0.2) is 4.79 Å². The summed E-state index contributed by atoms with van der Waals surface area (Å²) in [4.78, 5) is 14.8. The minimum absolute atomic E-state index is 0.130. The topological polar surface area (TPSA) is 66.5 Å². The highest BCUT2D eigenvalue weighted by Crippen LogP contribution is 2.49. The average molecular weight is 383 g/mol. The Morgan fingerprint density at radius 2 is 1.71 bits per heavy atom. The highest BCUT2D eigenvalue weighted by molar-refractivity contribution is 5.95. The van der Waals surface area contributed by atoms with Gasteiger partial charge in [-0.1, -0.05) is 0 Å². The first kappa shape index (κ1) is 17.2. The monoisotopic (exact) mass is 383 g/mol. The number of benzene rings is 2. The molecule has 3 aliphatic heterocycles. The normalized spacial score (nSPS) is 22.5. The molecule has 2 atom stereocenters. The van der Waals surface area contributed by atoms with Gasteiger partial charge in [-0.3, -0.25) is 4.90 Å². The number of cyclic esters (lactones) is 1. The summed E-state index contributed by atoms with van der Waals surface area (Å²) in [6.45, 7) is 1.02. The predicted molar refractivity (Wildman–Crippen MR) is 99.3 cm³/mol. The summed E-state index contributed by atoms with van der Waals surface area (Å²) in [5.74, 6) is 2.26. The van der Waals surface area contributed by atoms with Crippen LogP contribution in [0.1, 0.15) is 39.2 Å². The van der Waals surface area contributed by atoms with Gasteiger partial charge in [0.25, 0.3) is 0 Å². The first-order valence-corrected chi connectivity index (χ1v) is 9.20. The Bertz CT molecular complexity index is 972. The molecular formula is C21H21NO6. The number of hydrogen-bond acceptors (Lipinski definition) is 7. The van der Waals surface area contributed by atoms with Gasteiger partial charge < -0.3 is 23.7 Å². The first-order valence-electron chi connectivity index (χ1n) is 9.20. The van der Waals surface area contributed by atoms with Crippen LogP contribution in [0.4, 0.5) is 0 Å². The number of likely N-dealkylation sites (N-methyl/N-ethyl adjacent to an activating group) is 1. The van der Waals surface area contributed by atoms with Crippen molar-refractivity contribution in [3.63, 3.8) is 0 Å². The Kier molecular flexibility index (Phi) is 3.87. The Labute approximate surface area is 162 Å². The predicted octanol–water partition coefficient (Wildman–Crippen LogP) is 2.87. The Balaban J connectivity index is 1.63. The summed E-state index contributed by atoms with van der Waals surface area (Å²) in [5, 5.41) is 0. The van der Waals surface area contributed by atoms with Crippen LogP contribution in [-0.2, 0) is 11.2 Å². The van der Waals surface area contributed by atoms with Gasteiger partial charge in [-0.05, 0) is 48.9 Å². The van der Waals surface area contributed by atoms with E-state index in [1.165, 1.54) is 5.56 Å². The van der Waals surface area contributed by atoms with E-state index in [4.69, 9.17) is 23.7 Å². The van der Waals surface area contributed by atoms with Crippen molar-refractivity contribution >= 4 is 5.97 Å². The maximum absolute atomic E-state index is 12.6. The van der Waals surface area contributed by atoms with Crippen LogP contribution in [0.2, 0.25) is 0 Å². The molecule has 3 heterocycles. The van der Waals surface area contributed by atoms with Crippen LogP contribution >= 0.6 is 0 Å². The zero-order chi connectivity index (χ0) is 19.4. The van der Waals surface area contributed by atoms with Gasteiger partial charge in [-0.2, -0.15) is 0 Å². The van der Waals surface area contributed by atoms with Crippen LogP contribution in [0.25, 0.3) is 0 Å². The fourth-order valence-electron chi connectivity index (χ4n) is 4.34. The van der Waals surface area contributed by atoms with E-state index in [2.05, 4.69) is 4.90 Å². The van der Waals surface area contributed by atoms with Crippen molar-refractivity contribution in [1.29, 1.82) is 0 Å². The van der Waals surface area contributed by atoms with Gasteiger partial charge in [0, 0.05) is 12.1 Å². The van der Waals surface area contributed by atoms with Gasteiger partial charge in [0.1, 0.15) is 6.10 Å². The van der Waals surface area contributed by atoms with E-state index in [1.807, 2.05) is 25.2 Å². The molecule has 0 spiro atoms. The summed E-state index contributed by atoms with van der Waals surface area (Å²) < 4.78 is 27.7. The first-order chi connectivity index (χ1) is 13.6. The highest BCUT2D eigenvalue weighted by atomic mass is 16.7. The van der Waals surface area contributed by atoms with Crippen molar-refractivity contribution in [1.82, 2.24) is 4.90 Å². The van der Waals surface area contributed by atoms with Gasteiger partial charge >= 0.3 is 5.97 Å². The quantitative estimate of drug-likeness (QED) is 0.755. The molecule has 0 aliphatic carbocycles. The van der Waals surface area contributed by atoms with Crippen molar-refractivity contribution in [2.75, 3.05) is 34.6 Å². The fraction of sp³-hybridized carbons (Fsp3) is 0.381. The Hall–Kier alpha value is -2.93. The van der Waals surface area contributed by atoms with Crippen molar-refractivity contribution in [3.8, 4) is 23.0 Å². The number of methoxy groups -OCH3 is 2. The van der Waals surface area contributed by atoms with E-state index in [1.54, 1.807) is 20.3 Å². The van der Waals surface area contributed by atoms with Crippen molar-refractivity contribution in [2.24, 2.45) is 0 Å². The minimum Gasteiger partial charge on any atom is -0.493 e. The standard InChI is InChI=1S/C21H21NO6/c1-22-5-4-11-6-15(24-2)16(25-3)7-12(11)19(22)20-13-8-17-18(27-10-26-17)9-14(13)21(23)28-20/h6-9,19-20H,4-5,10H2,1-3H3/t19-,20+/m0/s1. The van der Waals surface area contributed by atoms with Crippen LogP contribution in [0.5, 0.6) is 23.0 Å². The second-order valence-corrected chi connectivity index (χ2v) is 7.20. The molecule has 0 N–H and O–H groups in total. The third-order valence-electron chi connectivity index (χ3n) is 5.76. The summed E-state index contributed by atoms with van der Waals surface area (Å²) in [6, 6.07) is 7.47. The smallest absolute Gasteiger partial charge is 0.339 e. The third kappa shape index (κ3) is 2.43. The molecule has 0 radical (unpaired) electrons. The number of rotatable bonds is 3. The molecular weight excluding hydrogens is 362 g/mol. The van der Waals surface area contributed by atoms with E-state index in [-0.39, 0.29) is 18.8 Å². The molecule has 0 saturated carbocycles. The summed E-state index contributed by atoms with van der Waals surface area (Å²) >= 11 is 0. The maximum atomic E-state index is 12.6. The molecule has 28 heavy (non-hydrogen) atoms. The van der Waals surface area contributed by atoms with Gasteiger partial charge in [0.05, 0.1) is 25.8 Å². The number of carbonyl (C=O) groups excluding carboxylic acids is 1. The molecule has 7 heteroatoms. The number of fused-ring (bicyclic) bond motifs is 3. The summed E-state index contributed by atoms with van der Waals surface area (Å²) in [7, 11) is 5.30. The molecule has 5 rings (SSSR count). The van der Waals surface area contributed by atoms with Gasteiger partial charge in [0.15, 0.2) is 23.0 Å². The van der Waals surface area contributed by atoms with E-state index < -0.39 is 6.10 Å². The lowest BCUT2D eigenvalue weighted by atomic mass is 9.86. The van der Waals surface area contributed by atoms with Gasteiger partial charge in [-0.15, -0.1) is 0 Å².